The molecule has 1 fully saturated rings. The maximum absolute atomic E-state index is 12.9. The fourth-order valence-electron chi connectivity index (χ4n) is 3.57. The van der Waals surface area contributed by atoms with Crippen molar-refractivity contribution in [3.05, 3.63) is 53.9 Å². The van der Waals surface area contributed by atoms with Crippen LogP contribution in [0.4, 0.5) is 11.4 Å². The van der Waals surface area contributed by atoms with Gasteiger partial charge in [0.05, 0.1) is 0 Å². The molecule has 0 aliphatic carbocycles. The Morgan fingerprint density at radius 3 is 2.61 bits per heavy atom. The van der Waals surface area contributed by atoms with E-state index in [-0.39, 0.29) is 17.9 Å². The van der Waals surface area contributed by atoms with Gasteiger partial charge in [-0.1, -0.05) is 6.92 Å². The molecule has 0 radical (unpaired) electrons. The third kappa shape index (κ3) is 4.50. The molecule has 1 aliphatic rings. The number of pyridine rings is 1. The summed E-state index contributed by atoms with van der Waals surface area (Å²) >= 11 is 0. The maximum Gasteiger partial charge on any atom is 0.272 e. The minimum atomic E-state index is -0.250. The molecule has 1 N–H and O–H groups in total. The van der Waals surface area contributed by atoms with E-state index in [1.165, 1.54) is 6.20 Å². The average Bonchev–Trinajstić information content (AvgIpc) is 2.73. The van der Waals surface area contributed by atoms with E-state index in [2.05, 4.69) is 17.2 Å². The number of hydrogen-bond donors (Lipinski definition) is 1. The Morgan fingerprint density at radius 1 is 1.18 bits per heavy atom. The monoisotopic (exact) mass is 380 g/mol. The molecule has 148 valence electrons. The number of carbonyl (C=O) groups excluding carboxylic acids is 2. The Hall–Kier alpha value is -2.89. The SMILES string of the molecule is CCC1CCCCN1C(=O)c1cc(C(=O)Nc2ccc(N(C)C)cc2)ccn1. The van der Waals surface area contributed by atoms with E-state index in [1.807, 2.05) is 48.2 Å². The number of carbonyl (C=O) groups is 2. The number of amides is 2. The second-order valence-electron chi connectivity index (χ2n) is 7.38. The second-order valence-corrected chi connectivity index (χ2v) is 7.38. The smallest absolute Gasteiger partial charge is 0.272 e. The van der Waals surface area contributed by atoms with E-state index in [4.69, 9.17) is 0 Å². The lowest BCUT2D eigenvalue weighted by molar-refractivity contribution is 0.0602. The standard InChI is InChI=1S/C22H28N4O2/c1-4-18-7-5-6-14-26(18)22(28)20-15-16(12-13-23-20)21(27)24-17-8-10-19(11-9-17)25(2)3/h8-13,15,18H,4-7,14H2,1-3H3,(H,24,27). The summed E-state index contributed by atoms with van der Waals surface area (Å²) in [5, 5.41) is 2.88. The van der Waals surface area contributed by atoms with Gasteiger partial charge in [-0.2, -0.15) is 0 Å². The zero-order chi connectivity index (χ0) is 20.1. The Labute approximate surface area is 166 Å². The molecule has 1 aliphatic heterocycles. The highest BCUT2D eigenvalue weighted by atomic mass is 16.2. The first kappa shape index (κ1) is 19.9. The van der Waals surface area contributed by atoms with Crippen LogP contribution in [0, 0.1) is 0 Å². The number of rotatable bonds is 5. The molecule has 2 heterocycles. The van der Waals surface area contributed by atoms with Gasteiger partial charge in [-0.15, -0.1) is 0 Å². The van der Waals surface area contributed by atoms with Crippen molar-refractivity contribution in [3.8, 4) is 0 Å². The van der Waals surface area contributed by atoms with Gasteiger partial charge in [-0.3, -0.25) is 14.6 Å². The zero-order valence-electron chi connectivity index (χ0n) is 16.8. The van der Waals surface area contributed by atoms with Crippen LogP contribution in [0.5, 0.6) is 0 Å². The van der Waals surface area contributed by atoms with Crippen LogP contribution in [0.2, 0.25) is 0 Å². The normalized spacial score (nSPS) is 16.5. The average molecular weight is 380 g/mol. The highest BCUT2D eigenvalue weighted by Crippen LogP contribution is 2.22. The van der Waals surface area contributed by atoms with Crippen molar-refractivity contribution in [2.75, 3.05) is 30.9 Å². The lowest BCUT2D eigenvalue weighted by Gasteiger charge is -2.35. The number of likely N-dealkylation sites (tertiary alicyclic amines) is 1. The van der Waals surface area contributed by atoms with Crippen molar-refractivity contribution in [1.82, 2.24) is 9.88 Å². The number of nitrogens with one attached hydrogen (secondary N) is 1. The zero-order valence-corrected chi connectivity index (χ0v) is 16.8. The summed E-state index contributed by atoms with van der Waals surface area (Å²) in [4.78, 5) is 33.7. The van der Waals surface area contributed by atoms with E-state index in [9.17, 15) is 9.59 Å². The highest BCUT2D eigenvalue weighted by Gasteiger charge is 2.27. The van der Waals surface area contributed by atoms with Gasteiger partial charge in [-0.05, 0) is 62.1 Å². The highest BCUT2D eigenvalue weighted by molar-refractivity contribution is 6.05. The van der Waals surface area contributed by atoms with Gasteiger partial charge >= 0.3 is 0 Å². The quantitative estimate of drug-likeness (QED) is 0.857. The first-order valence-electron chi connectivity index (χ1n) is 9.85. The van der Waals surface area contributed by atoms with Gasteiger partial charge in [0.15, 0.2) is 0 Å². The Morgan fingerprint density at radius 2 is 1.93 bits per heavy atom. The Bertz CT molecular complexity index is 833. The number of piperidine rings is 1. The van der Waals surface area contributed by atoms with Crippen LogP contribution in [0.1, 0.15) is 53.5 Å². The molecule has 6 nitrogen and oxygen atoms in total. The molecule has 0 spiro atoms. The first-order chi connectivity index (χ1) is 13.5. The summed E-state index contributed by atoms with van der Waals surface area (Å²) in [6.07, 6.45) is 5.68. The maximum atomic E-state index is 12.9. The van der Waals surface area contributed by atoms with Gasteiger partial charge in [0.2, 0.25) is 0 Å². The fourth-order valence-corrected chi connectivity index (χ4v) is 3.57. The van der Waals surface area contributed by atoms with Gasteiger partial charge in [0, 0.05) is 49.8 Å². The van der Waals surface area contributed by atoms with Crippen LogP contribution in [-0.4, -0.2) is 48.4 Å². The van der Waals surface area contributed by atoms with Crippen molar-refractivity contribution in [2.45, 2.75) is 38.6 Å². The summed E-state index contributed by atoms with van der Waals surface area (Å²) in [6.45, 7) is 2.86. The van der Waals surface area contributed by atoms with Gasteiger partial charge in [-0.25, -0.2) is 0 Å². The Kier molecular flexibility index (Phi) is 6.29. The Balaban J connectivity index is 1.73. The minimum Gasteiger partial charge on any atom is -0.378 e. The number of anilines is 2. The predicted octanol–water partition coefficient (Wildman–Crippen LogP) is 3.80. The number of aromatic nitrogens is 1. The van der Waals surface area contributed by atoms with Crippen molar-refractivity contribution >= 4 is 23.2 Å². The number of hydrogen-bond acceptors (Lipinski definition) is 4. The van der Waals surface area contributed by atoms with E-state index >= 15 is 0 Å². The molecule has 1 atom stereocenters. The van der Waals surface area contributed by atoms with Crippen molar-refractivity contribution in [3.63, 3.8) is 0 Å². The molecule has 1 unspecified atom stereocenters. The summed E-state index contributed by atoms with van der Waals surface area (Å²) in [7, 11) is 3.93. The lowest BCUT2D eigenvalue weighted by atomic mass is 9.99. The van der Waals surface area contributed by atoms with Crippen LogP contribution in [0.3, 0.4) is 0 Å². The lowest BCUT2D eigenvalue weighted by Crippen LogP contribution is -2.43. The summed E-state index contributed by atoms with van der Waals surface area (Å²) in [6, 6.07) is 11.1. The minimum absolute atomic E-state index is 0.0865. The predicted molar refractivity (Wildman–Crippen MR) is 112 cm³/mol. The van der Waals surface area contributed by atoms with Crippen LogP contribution < -0.4 is 10.2 Å². The van der Waals surface area contributed by atoms with E-state index in [0.29, 0.717) is 16.9 Å². The molecule has 2 aromatic rings. The van der Waals surface area contributed by atoms with Gasteiger partial charge < -0.3 is 15.1 Å². The van der Waals surface area contributed by atoms with Crippen LogP contribution in [0.15, 0.2) is 42.6 Å². The molecule has 1 saturated heterocycles. The molecule has 0 saturated carbocycles. The molecular weight excluding hydrogens is 352 g/mol. The van der Waals surface area contributed by atoms with Gasteiger partial charge in [0.25, 0.3) is 11.8 Å². The number of nitrogens with zero attached hydrogens (tertiary/aromatic N) is 3. The van der Waals surface area contributed by atoms with Crippen molar-refractivity contribution < 1.29 is 9.59 Å². The molecule has 1 aromatic carbocycles. The molecule has 0 bridgehead atoms. The molecule has 28 heavy (non-hydrogen) atoms. The largest absolute Gasteiger partial charge is 0.378 e. The number of benzene rings is 1. The summed E-state index contributed by atoms with van der Waals surface area (Å²) in [5.41, 5.74) is 2.53. The van der Waals surface area contributed by atoms with Crippen molar-refractivity contribution in [1.29, 1.82) is 0 Å². The molecule has 2 amide bonds. The first-order valence-corrected chi connectivity index (χ1v) is 9.85. The molecule has 6 heteroatoms. The van der Waals surface area contributed by atoms with E-state index in [1.54, 1.807) is 12.1 Å². The van der Waals surface area contributed by atoms with Crippen molar-refractivity contribution in [2.24, 2.45) is 0 Å². The van der Waals surface area contributed by atoms with Crippen LogP contribution in [-0.2, 0) is 0 Å². The van der Waals surface area contributed by atoms with E-state index < -0.39 is 0 Å². The van der Waals surface area contributed by atoms with Crippen LogP contribution >= 0.6 is 0 Å². The molecular formula is C22H28N4O2. The summed E-state index contributed by atoms with van der Waals surface area (Å²) in [5.74, 6) is -0.337. The summed E-state index contributed by atoms with van der Waals surface area (Å²) < 4.78 is 0. The molecule has 3 rings (SSSR count). The third-order valence-corrected chi connectivity index (χ3v) is 5.24. The van der Waals surface area contributed by atoms with Crippen LogP contribution in [0.25, 0.3) is 0 Å². The second kappa shape index (κ2) is 8.87. The third-order valence-electron chi connectivity index (χ3n) is 5.24. The van der Waals surface area contributed by atoms with Gasteiger partial charge in [0.1, 0.15) is 5.69 Å². The van der Waals surface area contributed by atoms with E-state index in [0.717, 1.165) is 37.9 Å². The fraction of sp³-hybridized carbons (Fsp3) is 0.409. The molecule has 1 aromatic heterocycles. The topological polar surface area (TPSA) is 65.5 Å².